The molecule has 0 aliphatic rings. The fourth-order valence-corrected chi connectivity index (χ4v) is 3.73. The molecular weight excluding hydrogens is 367 g/mol. The summed E-state index contributed by atoms with van der Waals surface area (Å²) in [5, 5.41) is 8.77. The van der Waals surface area contributed by atoms with Crippen LogP contribution >= 0.6 is 7.82 Å². The van der Waals surface area contributed by atoms with Gasteiger partial charge in [-0.15, -0.1) is 0 Å². The zero-order valence-corrected chi connectivity index (χ0v) is 16.2. The second-order valence-corrected chi connectivity index (χ2v) is 7.63. The fraction of sp³-hybridized carbons (Fsp3) is 0.350. The maximum Gasteiger partial charge on any atom is 0.587 e. The molecule has 1 unspecified atom stereocenters. The third kappa shape index (κ3) is 7.85. The maximum absolute atomic E-state index is 13.2. The van der Waals surface area contributed by atoms with Crippen LogP contribution in [-0.2, 0) is 13.9 Å². The first kappa shape index (κ1) is 21.0. The quantitative estimate of drug-likeness (QED) is 0.477. The van der Waals surface area contributed by atoms with Crippen LogP contribution in [0.4, 0.5) is 0 Å². The number of carbonyl (C=O) groups is 1. The topological polar surface area (TPSA) is 82.1 Å². The molecule has 0 spiro atoms. The highest BCUT2D eigenvalue weighted by Crippen LogP contribution is 2.50. The molecule has 2 rings (SSSR count). The van der Waals surface area contributed by atoms with Gasteiger partial charge in [0.05, 0.1) is 6.61 Å². The van der Waals surface area contributed by atoms with Crippen molar-refractivity contribution >= 4 is 13.8 Å². The number of phosphoric acid groups is 1. The Morgan fingerprint density at radius 2 is 1.52 bits per heavy atom. The predicted molar refractivity (Wildman–Crippen MR) is 103 cm³/mol. The minimum absolute atomic E-state index is 0.0661. The second-order valence-electron chi connectivity index (χ2n) is 6.11. The van der Waals surface area contributed by atoms with Gasteiger partial charge in [0.15, 0.2) is 0 Å². The SMILES string of the molecule is CCC(CCCC(=O)O)COP(=O)(Oc1ccccc1)Oc1ccccc1. The number of rotatable bonds is 12. The van der Waals surface area contributed by atoms with Crippen molar-refractivity contribution in [3.63, 3.8) is 0 Å². The molecule has 2 aromatic rings. The summed E-state index contributed by atoms with van der Waals surface area (Å²) in [6.07, 6.45) is 2.09. The van der Waals surface area contributed by atoms with Gasteiger partial charge in [-0.3, -0.25) is 9.32 Å². The van der Waals surface area contributed by atoms with E-state index < -0.39 is 13.8 Å². The van der Waals surface area contributed by atoms with E-state index in [1.165, 1.54) is 0 Å². The molecule has 27 heavy (non-hydrogen) atoms. The molecule has 0 saturated heterocycles. The van der Waals surface area contributed by atoms with Gasteiger partial charge < -0.3 is 14.2 Å². The molecule has 0 heterocycles. The predicted octanol–water partition coefficient (Wildman–Crippen LogP) is 5.55. The maximum atomic E-state index is 13.2. The zero-order valence-electron chi connectivity index (χ0n) is 15.3. The summed E-state index contributed by atoms with van der Waals surface area (Å²) in [5.74, 6) is 0.0130. The lowest BCUT2D eigenvalue weighted by molar-refractivity contribution is -0.137. The van der Waals surface area contributed by atoms with Gasteiger partial charge in [0, 0.05) is 6.42 Å². The van der Waals surface area contributed by atoms with Gasteiger partial charge in [-0.1, -0.05) is 49.7 Å². The molecule has 0 radical (unpaired) electrons. The van der Waals surface area contributed by atoms with Crippen molar-refractivity contribution in [1.82, 2.24) is 0 Å². The van der Waals surface area contributed by atoms with E-state index in [9.17, 15) is 9.36 Å². The van der Waals surface area contributed by atoms with Gasteiger partial charge >= 0.3 is 13.8 Å². The second kappa shape index (κ2) is 10.8. The number of para-hydroxylation sites is 2. The van der Waals surface area contributed by atoms with Crippen LogP contribution in [0, 0.1) is 5.92 Å². The minimum Gasteiger partial charge on any atom is -0.481 e. The molecule has 7 heteroatoms. The Hall–Kier alpha value is -2.30. The average molecular weight is 392 g/mol. The van der Waals surface area contributed by atoms with Gasteiger partial charge in [0.2, 0.25) is 0 Å². The Kier molecular flexibility index (Phi) is 8.37. The van der Waals surface area contributed by atoms with E-state index >= 15 is 0 Å². The van der Waals surface area contributed by atoms with Crippen molar-refractivity contribution in [2.45, 2.75) is 32.6 Å². The van der Waals surface area contributed by atoms with Crippen LogP contribution in [0.2, 0.25) is 0 Å². The van der Waals surface area contributed by atoms with E-state index in [0.717, 1.165) is 6.42 Å². The van der Waals surface area contributed by atoms with Crippen molar-refractivity contribution in [2.24, 2.45) is 5.92 Å². The standard InChI is InChI=1S/C20H25O6P/c1-2-17(10-9-15-20(21)22)16-24-27(23,25-18-11-5-3-6-12-18)26-19-13-7-4-8-14-19/h3-8,11-14,17H,2,9-10,15-16H2,1H3,(H,21,22). The van der Waals surface area contributed by atoms with E-state index in [1.807, 2.05) is 19.1 Å². The van der Waals surface area contributed by atoms with Gasteiger partial charge in [0.1, 0.15) is 11.5 Å². The molecule has 1 N–H and O–H groups in total. The number of benzene rings is 2. The van der Waals surface area contributed by atoms with E-state index in [1.54, 1.807) is 48.5 Å². The third-order valence-electron chi connectivity index (χ3n) is 3.97. The van der Waals surface area contributed by atoms with E-state index in [-0.39, 0.29) is 18.9 Å². The van der Waals surface area contributed by atoms with Gasteiger partial charge in [-0.2, -0.15) is 0 Å². The summed E-state index contributed by atoms with van der Waals surface area (Å²) in [4.78, 5) is 10.7. The van der Waals surface area contributed by atoms with Crippen LogP contribution < -0.4 is 9.05 Å². The number of carboxylic acid groups (broad SMARTS) is 1. The lowest BCUT2D eigenvalue weighted by Crippen LogP contribution is -2.13. The highest BCUT2D eigenvalue weighted by molar-refractivity contribution is 7.49. The van der Waals surface area contributed by atoms with Crippen molar-refractivity contribution < 1.29 is 28.0 Å². The molecular formula is C20H25O6P. The number of phosphoric ester groups is 1. The third-order valence-corrected chi connectivity index (χ3v) is 5.30. The molecule has 0 aliphatic carbocycles. The molecule has 0 amide bonds. The van der Waals surface area contributed by atoms with Crippen molar-refractivity contribution in [2.75, 3.05) is 6.61 Å². The highest BCUT2D eigenvalue weighted by atomic mass is 31.2. The number of carboxylic acids is 1. The summed E-state index contributed by atoms with van der Waals surface area (Å²) in [6, 6.07) is 17.4. The summed E-state index contributed by atoms with van der Waals surface area (Å²) in [5.41, 5.74) is 0. The lowest BCUT2D eigenvalue weighted by Gasteiger charge is -2.21. The molecule has 2 aromatic carbocycles. The summed E-state index contributed by atoms with van der Waals surface area (Å²) in [6.45, 7) is 2.14. The highest BCUT2D eigenvalue weighted by Gasteiger charge is 2.32. The van der Waals surface area contributed by atoms with Crippen molar-refractivity contribution in [3.8, 4) is 11.5 Å². The van der Waals surface area contributed by atoms with Crippen LogP contribution in [0.25, 0.3) is 0 Å². The molecule has 0 aromatic heterocycles. The van der Waals surface area contributed by atoms with Crippen LogP contribution in [0.15, 0.2) is 60.7 Å². The van der Waals surface area contributed by atoms with Crippen LogP contribution in [-0.4, -0.2) is 17.7 Å². The first-order chi connectivity index (χ1) is 13.0. The zero-order chi connectivity index (χ0) is 19.5. The number of aliphatic carboxylic acids is 1. The Morgan fingerprint density at radius 1 is 1.00 bits per heavy atom. The monoisotopic (exact) mass is 392 g/mol. The van der Waals surface area contributed by atoms with Gasteiger partial charge in [-0.25, -0.2) is 4.57 Å². The number of hydrogen-bond donors (Lipinski definition) is 1. The smallest absolute Gasteiger partial charge is 0.481 e. The first-order valence-electron chi connectivity index (χ1n) is 8.96. The molecule has 0 bridgehead atoms. The van der Waals surface area contributed by atoms with E-state index in [4.69, 9.17) is 18.7 Å². The molecule has 0 saturated carbocycles. The molecule has 0 fully saturated rings. The molecule has 1 atom stereocenters. The van der Waals surface area contributed by atoms with Crippen molar-refractivity contribution in [3.05, 3.63) is 60.7 Å². The largest absolute Gasteiger partial charge is 0.587 e. The van der Waals surface area contributed by atoms with Crippen LogP contribution in [0.1, 0.15) is 32.6 Å². The average Bonchev–Trinajstić information content (AvgIpc) is 2.66. The summed E-state index contributed by atoms with van der Waals surface area (Å²) < 4.78 is 29.9. The lowest BCUT2D eigenvalue weighted by atomic mass is 10.0. The van der Waals surface area contributed by atoms with Crippen LogP contribution in [0.5, 0.6) is 11.5 Å². The normalized spacial score (nSPS) is 12.3. The molecule has 6 nitrogen and oxygen atoms in total. The Morgan fingerprint density at radius 3 is 1.96 bits per heavy atom. The Bertz CT molecular complexity index is 689. The molecule has 146 valence electrons. The van der Waals surface area contributed by atoms with Gasteiger partial charge in [0.25, 0.3) is 0 Å². The summed E-state index contributed by atoms with van der Waals surface area (Å²) >= 11 is 0. The minimum atomic E-state index is -3.90. The number of hydrogen-bond acceptors (Lipinski definition) is 5. The first-order valence-corrected chi connectivity index (χ1v) is 10.4. The van der Waals surface area contributed by atoms with E-state index in [2.05, 4.69) is 0 Å². The van der Waals surface area contributed by atoms with Gasteiger partial charge in [-0.05, 0) is 43.0 Å². The fourth-order valence-electron chi connectivity index (χ4n) is 2.44. The van der Waals surface area contributed by atoms with Crippen LogP contribution in [0.3, 0.4) is 0 Å². The van der Waals surface area contributed by atoms with E-state index in [0.29, 0.717) is 24.3 Å². The molecule has 0 aliphatic heterocycles. The Balaban J connectivity index is 2.04. The Labute approximate surface area is 159 Å². The summed E-state index contributed by atoms with van der Waals surface area (Å²) in [7, 11) is -3.90. The van der Waals surface area contributed by atoms with Crippen molar-refractivity contribution in [1.29, 1.82) is 0 Å².